The maximum absolute atomic E-state index is 2.56. The summed E-state index contributed by atoms with van der Waals surface area (Å²) in [6.07, 6.45) is 25.2. The molecule has 7 aromatic rings. The molecule has 0 radical (unpaired) electrons. The van der Waals surface area contributed by atoms with E-state index in [0.29, 0.717) is 0 Å². The minimum atomic E-state index is -0.00906. The molecule has 0 fully saturated rings. The van der Waals surface area contributed by atoms with Gasteiger partial charge in [0.1, 0.15) is 0 Å². The molecule has 1 heteroatoms. The molecular formula is C65H55N. The predicted octanol–water partition coefficient (Wildman–Crippen LogP) is 17.9. The summed E-state index contributed by atoms with van der Waals surface area (Å²) >= 11 is 0. The molecule has 0 N–H and O–H groups in total. The van der Waals surface area contributed by atoms with Crippen LogP contribution in [0.15, 0.2) is 211 Å². The number of para-hydroxylation sites is 2. The third kappa shape index (κ3) is 6.67. The Labute approximate surface area is 390 Å². The van der Waals surface area contributed by atoms with Crippen molar-refractivity contribution in [2.75, 3.05) is 4.90 Å². The monoisotopic (exact) mass is 849 g/mol. The lowest BCUT2D eigenvalue weighted by Gasteiger charge is -2.35. The zero-order valence-electron chi connectivity index (χ0n) is 38.2. The van der Waals surface area contributed by atoms with Crippen molar-refractivity contribution in [1.82, 2.24) is 0 Å². The van der Waals surface area contributed by atoms with Crippen molar-refractivity contribution < 1.29 is 0 Å². The number of hydrogen-bond acceptors (Lipinski definition) is 1. The van der Waals surface area contributed by atoms with Crippen LogP contribution in [0.25, 0.3) is 61.4 Å². The normalized spacial score (nSPS) is 16.8. The van der Waals surface area contributed by atoms with Crippen LogP contribution in [0.2, 0.25) is 0 Å². The van der Waals surface area contributed by atoms with E-state index in [2.05, 4.69) is 219 Å². The number of hydrogen-bond donors (Lipinski definition) is 0. The third-order valence-electron chi connectivity index (χ3n) is 15.5. The fraction of sp³-hybridized carbons (Fsp3) is 0.169. The van der Waals surface area contributed by atoms with E-state index in [0.717, 1.165) is 51.4 Å². The van der Waals surface area contributed by atoms with Crippen LogP contribution >= 0.6 is 0 Å². The number of allylic oxidation sites excluding steroid dienone is 13. The summed E-state index contributed by atoms with van der Waals surface area (Å²) in [4.78, 5) is 2.48. The van der Waals surface area contributed by atoms with E-state index in [1.807, 2.05) is 0 Å². The number of rotatable bonds is 10. The number of nitrogens with zero attached hydrogens (tertiary/aromatic N) is 1. The fourth-order valence-corrected chi connectivity index (χ4v) is 12.1. The molecule has 0 saturated carbocycles. The molecule has 0 saturated heterocycles. The first-order valence-corrected chi connectivity index (χ1v) is 24.4. The van der Waals surface area contributed by atoms with Gasteiger partial charge in [-0.2, -0.15) is 0 Å². The average Bonchev–Trinajstić information content (AvgIpc) is 3.86. The minimum absolute atomic E-state index is 0.00906. The van der Waals surface area contributed by atoms with Crippen molar-refractivity contribution >= 4 is 50.5 Å². The van der Waals surface area contributed by atoms with Crippen LogP contribution in [0.5, 0.6) is 0 Å². The topological polar surface area (TPSA) is 3.24 Å². The van der Waals surface area contributed by atoms with Crippen LogP contribution in [0.4, 0.5) is 11.4 Å². The molecule has 1 nitrogen and oxygen atoms in total. The Hall–Kier alpha value is -7.22. The summed E-state index contributed by atoms with van der Waals surface area (Å²) in [5, 5.41) is 2.78. The minimum Gasteiger partial charge on any atom is -0.314 e. The molecule has 66 heavy (non-hydrogen) atoms. The van der Waals surface area contributed by atoms with Gasteiger partial charge in [0.25, 0.3) is 0 Å². The molecule has 0 spiro atoms. The van der Waals surface area contributed by atoms with E-state index in [1.165, 1.54) is 111 Å². The Morgan fingerprint density at radius 3 is 2.00 bits per heavy atom. The van der Waals surface area contributed by atoms with Crippen LogP contribution < -0.4 is 4.90 Å². The molecule has 320 valence electrons. The lowest BCUT2D eigenvalue weighted by atomic mass is 9.71. The van der Waals surface area contributed by atoms with Gasteiger partial charge in [-0.15, -0.1) is 0 Å². The van der Waals surface area contributed by atoms with E-state index < -0.39 is 0 Å². The predicted molar refractivity (Wildman–Crippen MR) is 282 cm³/mol. The Kier molecular flexibility index (Phi) is 10.2. The van der Waals surface area contributed by atoms with Crippen molar-refractivity contribution in [3.05, 3.63) is 244 Å². The first-order valence-electron chi connectivity index (χ1n) is 24.4. The number of fused-ring (bicyclic) bond motifs is 4. The molecule has 0 heterocycles. The van der Waals surface area contributed by atoms with E-state index in [-0.39, 0.29) is 5.41 Å². The lowest BCUT2D eigenvalue weighted by Crippen LogP contribution is -2.26. The first-order chi connectivity index (χ1) is 32.6. The summed E-state index contributed by atoms with van der Waals surface area (Å²) in [5.74, 6) is 0. The van der Waals surface area contributed by atoms with E-state index in [9.17, 15) is 0 Å². The highest BCUT2D eigenvalue weighted by Crippen LogP contribution is 2.56. The van der Waals surface area contributed by atoms with Crippen molar-refractivity contribution in [2.45, 2.75) is 70.6 Å². The molecule has 0 unspecified atom stereocenters. The van der Waals surface area contributed by atoms with Gasteiger partial charge in [0.2, 0.25) is 0 Å². The van der Waals surface area contributed by atoms with Crippen LogP contribution in [0, 0.1) is 0 Å². The molecule has 0 aliphatic heterocycles. The molecule has 5 aliphatic rings. The molecule has 0 bridgehead atoms. The van der Waals surface area contributed by atoms with Crippen LogP contribution in [0.3, 0.4) is 0 Å². The summed E-state index contributed by atoms with van der Waals surface area (Å²) in [6.45, 7) is 4.79. The summed E-state index contributed by atoms with van der Waals surface area (Å²) in [6, 6.07) is 58.8. The van der Waals surface area contributed by atoms with Crippen molar-refractivity contribution in [3.8, 4) is 22.3 Å². The Balaban J connectivity index is 0.868. The molecule has 12 rings (SSSR count). The van der Waals surface area contributed by atoms with Crippen molar-refractivity contribution in [2.24, 2.45) is 0 Å². The molecule has 0 amide bonds. The molecule has 5 aliphatic carbocycles. The highest BCUT2D eigenvalue weighted by atomic mass is 15.1. The molecule has 7 aromatic carbocycles. The van der Waals surface area contributed by atoms with Crippen LogP contribution in [-0.2, 0) is 5.41 Å². The smallest absolute Gasteiger partial charge is 0.0458 e. The Bertz CT molecular complexity index is 3250. The summed E-state index contributed by atoms with van der Waals surface area (Å²) < 4.78 is 0. The van der Waals surface area contributed by atoms with Gasteiger partial charge < -0.3 is 4.90 Å². The van der Waals surface area contributed by atoms with Gasteiger partial charge in [-0.3, -0.25) is 0 Å². The van der Waals surface area contributed by atoms with E-state index in [4.69, 9.17) is 0 Å². The quantitative estimate of drug-likeness (QED) is 0.133. The SMILES string of the molecule is CCC1(CC)C2=C(CCC(N(c3ccccc3)c3ccccc3)=C2)c2ccc(/C=C/C3=CC=C(c4cc(-c5ccccc5)ccc4-c4ccc5c6c(cccc46)C4=C5CCC=C4)CC3)cc21. The zero-order chi connectivity index (χ0) is 44.2. The van der Waals surface area contributed by atoms with Gasteiger partial charge in [0, 0.05) is 22.5 Å². The average molecular weight is 850 g/mol. The largest absolute Gasteiger partial charge is 0.314 e. The number of benzene rings is 7. The van der Waals surface area contributed by atoms with Crippen molar-refractivity contribution in [1.29, 1.82) is 0 Å². The van der Waals surface area contributed by atoms with Crippen LogP contribution in [0.1, 0.15) is 98.6 Å². The molecular weight excluding hydrogens is 795 g/mol. The fourth-order valence-electron chi connectivity index (χ4n) is 12.1. The van der Waals surface area contributed by atoms with Gasteiger partial charge in [0.05, 0.1) is 0 Å². The molecule has 0 aromatic heterocycles. The Morgan fingerprint density at radius 2 is 1.26 bits per heavy atom. The van der Waals surface area contributed by atoms with E-state index in [1.54, 1.807) is 5.57 Å². The maximum atomic E-state index is 2.56. The highest BCUT2D eigenvalue weighted by molar-refractivity contribution is 6.19. The summed E-state index contributed by atoms with van der Waals surface area (Å²) in [7, 11) is 0. The first kappa shape index (κ1) is 40.3. The lowest BCUT2D eigenvalue weighted by molar-refractivity contribution is 0.484. The van der Waals surface area contributed by atoms with Gasteiger partial charge in [-0.1, -0.05) is 178 Å². The van der Waals surface area contributed by atoms with Crippen molar-refractivity contribution in [3.63, 3.8) is 0 Å². The second-order valence-corrected chi connectivity index (χ2v) is 18.7. The van der Waals surface area contributed by atoms with Gasteiger partial charge in [0.15, 0.2) is 0 Å². The second kappa shape index (κ2) is 16.6. The van der Waals surface area contributed by atoms with Gasteiger partial charge in [-0.25, -0.2) is 0 Å². The van der Waals surface area contributed by atoms with Crippen LogP contribution in [-0.4, -0.2) is 0 Å². The molecule has 0 atom stereocenters. The summed E-state index contributed by atoms with van der Waals surface area (Å²) in [5.41, 5.74) is 26.1. The standard InChI is InChI=1S/C65H55N/c1-3-65(4-2)62-41-45(31-36-56(62)57-38-35-51(43-63(57)65)66(49-19-10-6-11-20-49)50-21-12-7-13-22-50)28-27-44-29-32-47(33-30-44)61-42-48(46-17-8-5-9-18-46)34-37-55(61)54-39-40-60-53-24-15-14-23-52(53)58-25-16-26-59(54)64(58)60/h5-14,16-23,25-29,31-32,34,36-37,39-43H,3-4,15,24,30,33,35,38H2,1-2H3/b28-27+. The van der Waals surface area contributed by atoms with E-state index >= 15 is 0 Å². The Morgan fingerprint density at radius 1 is 0.530 bits per heavy atom. The van der Waals surface area contributed by atoms with Gasteiger partial charge >= 0.3 is 0 Å². The highest BCUT2D eigenvalue weighted by Gasteiger charge is 2.43. The maximum Gasteiger partial charge on any atom is 0.0458 e. The second-order valence-electron chi connectivity index (χ2n) is 18.7. The zero-order valence-corrected chi connectivity index (χ0v) is 38.2. The third-order valence-corrected chi connectivity index (χ3v) is 15.5. The number of anilines is 2. The van der Waals surface area contributed by atoms with Gasteiger partial charge in [-0.05, 0) is 188 Å².